The molecule has 1 N–H and O–H groups in total. The van der Waals surface area contributed by atoms with E-state index < -0.39 is 16.9 Å². The largest absolute Gasteiger partial charge is 0.460 e. The van der Waals surface area contributed by atoms with E-state index >= 15 is 0 Å². The Bertz CT molecular complexity index is 1040. The summed E-state index contributed by atoms with van der Waals surface area (Å²) >= 11 is 11.5. The van der Waals surface area contributed by atoms with Crippen LogP contribution in [0.15, 0.2) is 59.8 Å². The first-order chi connectivity index (χ1) is 14.8. The van der Waals surface area contributed by atoms with Crippen LogP contribution in [-0.4, -0.2) is 36.3 Å². The highest BCUT2D eigenvalue weighted by Gasteiger charge is 2.36. The summed E-state index contributed by atoms with van der Waals surface area (Å²) in [6.45, 7) is 2.06. The average molecular weight is 462 g/mol. The highest BCUT2D eigenvalue weighted by Crippen LogP contribution is 2.36. The van der Waals surface area contributed by atoms with Crippen molar-refractivity contribution in [3.05, 3.63) is 80.5 Å². The summed E-state index contributed by atoms with van der Waals surface area (Å²) in [4.78, 5) is 25.5. The van der Waals surface area contributed by atoms with Crippen LogP contribution in [0, 0.1) is 10.1 Å². The molecule has 3 rings (SSSR count). The second kappa shape index (κ2) is 9.86. The molecule has 162 valence electrons. The maximum absolute atomic E-state index is 13.0. The first-order valence-electron chi connectivity index (χ1n) is 9.31. The van der Waals surface area contributed by atoms with Gasteiger partial charge in [-0.3, -0.25) is 15.0 Å². The van der Waals surface area contributed by atoms with E-state index in [9.17, 15) is 14.9 Å². The van der Waals surface area contributed by atoms with Gasteiger partial charge in [-0.1, -0.05) is 35.9 Å². The van der Waals surface area contributed by atoms with Crippen LogP contribution in [0.5, 0.6) is 0 Å². The molecular formula is C21H20ClN3O5S. The molecular weight excluding hydrogens is 442 g/mol. The van der Waals surface area contributed by atoms with Gasteiger partial charge >= 0.3 is 5.97 Å². The van der Waals surface area contributed by atoms with Crippen molar-refractivity contribution in [3.63, 3.8) is 0 Å². The molecule has 0 saturated carbocycles. The number of anilines is 1. The Hall–Kier alpha value is -3.01. The third-order valence-corrected chi connectivity index (χ3v) is 5.36. The normalized spacial score (nSPS) is 16.2. The highest BCUT2D eigenvalue weighted by molar-refractivity contribution is 7.80. The standard InChI is InChI=1S/C21H20ClN3O5S/c1-13-18(20(26)30-11-10-29-2)19(14-8-9-16(22)17(12-14)25(27)28)23-21(31)24(13)15-6-4-3-5-7-15/h3-9,12,19H,10-11H2,1-2H3,(H,23,31)/t19-/m1/s1. The zero-order valence-corrected chi connectivity index (χ0v) is 18.4. The summed E-state index contributed by atoms with van der Waals surface area (Å²) in [7, 11) is 1.51. The minimum absolute atomic E-state index is 0.00275. The number of rotatable bonds is 7. The van der Waals surface area contributed by atoms with Gasteiger partial charge in [0.1, 0.15) is 11.6 Å². The van der Waals surface area contributed by atoms with Gasteiger partial charge in [0.25, 0.3) is 5.69 Å². The van der Waals surface area contributed by atoms with Crippen molar-refractivity contribution in [2.24, 2.45) is 0 Å². The van der Waals surface area contributed by atoms with Gasteiger partial charge in [0, 0.05) is 24.6 Å². The fraction of sp³-hybridized carbons (Fsp3) is 0.238. The van der Waals surface area contributed by atoms with E-state index in [4.69, 9.17) is 33.3 Å². The van der Waals surface area contributed by atoms with E-state index in [-0.39, 0.29) is 29.5 Å². The summed E-state index contributed by atoms with van der Waals surface area (Å²) in [5.41, 5.74) is 1.80. The smallest absolute Gasteiger partial charge is 0.338 e. The van der Waals surface area contributed by atoms with Gasteiger partial charge in [0.05, 0.1) is 23.1 Å². The Labute approximate surface area is 189 Å². The zero-order valence-electron chi connectivity index (χ0n) is 16.8. The molecule has 1 aliphatic rings. The molecule has 0 amide bonds. The molecule has 1 atom stereocenters. The first-order valence-corrected chi connectivity index (χ1v) is 10.1. The molecule has 8 nitrogen and oxygen atoms in total. The van der Waals surface area contributed by atoms with Crippen LogP contribution in [0.3, 0.4) is 0 Å². The third kappa shape index (κ3) is 4.84. The van der Waals surface area contributed by atoms with E-state index in [1.165, 1.54) is 19.2 Å². The van der Waals surface area contributed by atoms with Crippen molar-refractivity contribution in [1.82, 2.24) is 5.32 Å². The molecule has 0 fully saturated rings. The molecule has 0 bridgehead atoms. The van der Waals surface area contributed by atoms with Crippen LogP contribution in [0.4, 0.5) is 11.4 Å². The first kappa shape index (κ1) is 22.7. The molecule has 1 aliphatic heterocycles. The Morgan fingerprint density at radius 3 is 2.61 bits per heavy atom. The van der Waals surface area contributed by atoms with E-state index in [1.807, 2.05) is 30.3 Å². The minimum atomic E-state index is -0.751. The molecule has 0 saturated heterocycles. The minimum Gasteiger partial charge on any atom is -0.460 e. The number of nitro benzene ring substituents is 1. The summed E-state index contributed by atoms with van der Waals surface area (Å²) in [6, 6.07) is 12.9. The van der Waals surface area contributed by atoms with Gasteiger partial charge in [-0.2, -0.15) is 0 Å². The van der Waals surface area contributed by atoms with Crippen LogP contribution in [0.1, 0.15) is 18.5 Å². The molecule has 0 aliphatic carbocycles. The van der Waals surface area contributed by atoms with E-state index in [0.29, 0.717) is 16.4 Å². The SMILES string of the molecule is COCCOC(=O)C1=C(C)N(c2ccccc2)C(=S)N[C@@H]1c1ccc(Cl)c([N+](=O)[O-])c1. The van der Waals surface area contributed by atoms with Crippen LogP contribution in [-0.2, 0) is 14.3 Å². The molecule has 31 heavy (non-hydrogen) atoms. The number of carbonyl (C=O) groups excluding carboxylic acids is 1. The van der Waals surface area contributed by atoms with Gasteiger partial charge in [0.15, 0.2) is 5.11 Å². The van der Waals surface area contributed by atoms with Crippen molar-refractivity contribution in [2.75, 3.05) is 25.2 Å². The van der Waals surface area contributed by atoms with Gasteiger partial charge in [-0.05, 0) is 42.9 Å². The number of nitrogens with one attached hydrogen (secondary N) is 1. The van der Waals surface area contributed by atoms with Crippen molar-refractivity contribution in [2.45, 2.75) is 13.0 Å². The quantitative estimate of drug-likeness (QED) is 0.216. The number of nitro groups is 1. The molecule has 0 unspecified atom stereocenters. The van der Waals surface area contributed by atoms with Crippen LogP contribution in [0.2, 0.25) is 5.02 Å². The van der Waals surface area contributed by atoms with Gasteiger partial charge in [0.2, 0.25) is 0 Å². The van der Waals surface area contributed by atoms with Crippen molar-refractivity contribution in [3.8, 4) is 0 Å². The number of carbonyl (C=O) groups is 1. The Balaban J connectivity index is 2.11. The molecule has 0 aromatic heterocycles. The monoisotopic (exact) mass is 461 g/mol. The Morgan fingerprint density at radius 1 is 1.26 bits per heavy atom. The summed E-state index contributed by atoms with van der Waals surface area (Å²) in [5, 5.41) is 14.8. The number of hydrogen-bond donors (Lipinski definition) is 1. The topological polar surface area (TPSA) is 93.9 Å². The van der Waals surface area contributed by atoms with Crippen LogP contribution >= 0.6 is 23.8 Å². The van der Waals surface area contributed by atoms with Crippen molar-refractivity contribution in [1.29, 1.82) is 0 Å². The number of hydrogen-bond acceptors (Lipinski definition) is 6. The van der Waals surface area contributed by atoms with Crippen LogP contribution in [0.25, 0.3) is 0 Å². The number of para-hydroxylation sites is 1. The summed E-state index contributed by atoms with van der Waals surface area (Å²) in [5.74, 6) is -0.576. The maximum Gasteiger partial charge on any atom is 0.338 e. The molecule has 2 aromatic rings. The third-order valence-electron chi connectivity index (χ3n) is 4.74. The van der Waals surface area contributed by atoms with Gasteiger partial charge in [-0.25, -0.2) is 4.79 Å². The lowest BCUT2D eigenvalue weighted by Gasteiger charge is -2.37. The molecule has 2 aromatic carbocycles. The van der Waals surface area contributed by atoms with E-state index in [1.54, 1.807) is 17.9 Å². The lowest BCUT2D eigenvalue weighted by Crippen LogP contribution is -2.48. The molecule has 10 heteroatoms. The maximum atomic E-state index is 13.0. The second-order valence-corrected chi connectivity index (χ2v) is 7.44. The number of ether oxygens (including phenoxy) is 2. The van der Waals surface area contributed by atoms with E-state index in [2.05, 4.69) is 5.32 Å². The molecule has 1 heterocycles. The summed E-state index contributed by atoms with van der Waals surface area (Å²) < 4.78 is 10.3. The number of benzene rings is 2. The number of nitrogens with zero attached hydrogens (tertiary/aromatic N) is 2. The number of thiocarbonyl (C=S) groups is 1. The lowest BCUT2D eigenvalue weighted by atomic mass is 9.94. The zero-order chi connectivity index (χ0) is 22.5. The van der Waals surface area contributed by atoms with Gasteiger partial charge < -0.3 is 14.8 Å². The molecule has 0 radical (unpaired) electrons. The predicted octanol–water partition coefficient (Wildman–Crippen LogP) is 4.15. The lowest BCUT2D eigenvalue weighted by molar-refractivity contribution is -0.384. The van der Waals surface area contributed by atoms with E-state index in [0.717, 1.165) is 5.69 Å². The Morgan fingerprint density at radius 2 is 1.97 bits per heavy atom. The highest BCUT2D eigenvalue weighted by atomic mass is 35.5. The number of methoxy groups -OCH3 is 1. The van der Waals surface area contributed by atoms with Crippen molar-refractivity contribution >= 4 is 46.3 Å². The van der Waals surface area contributed by atoms with Crippen LogP contribution < -0.4 is 10.2 Å². The molecule has 0 spiro atoms. The Kier molecular flexibility index (Phi) is 7.21. The summed E-state index contributed by atoms with van der Waals surface area (Å²) in [6.07, 6.45) is 0. The second-order valence-electron chi connectivity index (χ2n) is 6.65. The van der Waals surface area contributed by atoms with Crippen molar-refractivity contribution < 1.29 is 19.2 Å². The van der Waals surface area contributed by atoms with Gasteiger partial charge in [-0.15, -0.1) is 0 Å². The number of halogens is 1. The number of allylic oxidation sites excluding steroid dienone is 1. The predicted molar refractivity (Wildman–Crippen MR) is 121 cm³/mol. The number of esters is 1. The fourth-order valence-electron chi connectivity index (χ4n) is 3.29. The fourth-order valence-corrected chi connectivity index (χ4v) is 3.84. The average Bonchev–Trinajstić information content (AvgIpc) is 2.74.